The summed E-state index contributed by atoms with van der Waals surface area (Å²) in [5, 5.41) is 16.2. The highest BCUT2D eigenvalue weighted by Gasteiger charge is 2.14. The normalized spacial score (nSPS) is 12.5. The number of nitrogens with one attached hydrogen (secondary N) is 1. The number of methoxy groups -OCH3 is 1. The van der Waals surface area contributed by atoms with Crippen LogP contribution in [0.1, 0.15) is 23.9 Å². The summed E-state index contributed by atoms with van der Waals surface area (Å²) in [6.07, 6.45) is 0. The Bertz CT molecular complexity index is 415. The molecule has 0 aliphatic heterocycles. The Kier molecular flexibility index (Phi) is 5.30. The van der Waals surface area contributed by atoms with Gasteiger partial charge in [-0.15, -0.1) is 0 Å². The van der Waals surface area contributed by atoms with Crippen LogP contribution in [0.15, 0.2) is 0 Å². The van der Waals surface area contributed by atoms with E-state index < -0.39 is 0 Å². The lowest BCUT2D eigenvalue weighted by Gasteiger charge is -2.13. The first-order valence-corrected chi connectivity index (χ1v) is 5.91. The summed E-state index contributed by atoms with van der Waals surface area (Å²) in [5.41, 5.74) is 2.37. The molecule has 0 aromatic carbocycles. The van der Waals surface area contributed by atoms with Crippen molar-refractivity contribution in [2.75, 3.05) is 13.7 Å². The monoisotopic (exact) mass is 255 g/mol. The molecule has 2 N–H and O–H groups in total. The summed E-state index contributed by atoms with van der Waals surface area (Å²) in [7, 11) is 1.59. The number of aliphatic hydroxyl groups excluding tert-OH is 1. The van der Waals surface area contributed by atoms with E-state index in [4.69, 9.17) is 4.74 Å². The van der Waals surface area contributed by atoms with Crippen molar-refractivity contribution in [1.29, 1.82) is 0 Å². The van der Waals surface area contributed by atoms with Crippen LogP contribution in [0.2, 0.25) is 0 Å². The second kappa shape index (κ2) is 6.51. The molecule has 18 heavy (non-hydrogen) atoms. The molecule has 0 fully saturated rings. The van der Waals surface area contributed by atoms with Gasteiger partial charge in [0.2, 0.25) is 5.91 Å². The van der Waals surface area contributed by atoms with Crippen molar-refractivity contribution in [3.8, 4) is 0 Å². The molecule has 0 aliphatic carbocycles. The van der Waals surface area contributed by atoms with Crippen molar-refractivity contribution in [2.24, 2.45) is 0 Å². The van der Waals surface area contributed by atoms with E-state index >= 15 is 0 Å². The van der Waals surface area contributed by atoms with Crippen molar-refractivity contribution in [3.05, 3.63) is 17.0 Å². The zero-order chi connectivity index (χ0) is 13.7. The molecule has 0 spiro atoms. The van der Waals surface area contributed by atoms with Gasteiger partial charge < -0.3 is 15.2 Å². The van der Waals surface area contributed by atoms with Crippen LogP contribution in [-0.4, -0.2) is 40.6 Å². The van der Waals surface area contributed by atoms with Gasteiger partial charge in [-0.2, -0.15) is 5.10 Å². The van der Waals surface area contributed by atoms with E-state index in [1.807, 2.05) is 20.8 Å². The van der Waals surface area contributed by atoms with Gasteiger partial charge in [0, 0.05) is 24.4 Å². The number of nitrogens with zero attached hydrogens (tertiary/aromatic N) is 2. The maximum absolute atomic E-state index is 11.8. The Morgan fingerprint density at radius 1 is 1.56 bits per heavy atom. The van der Waals surface area contributed by atoms with Crippen LogP contribution in [0, 0.1) is 13.8 Å². The second-order valence-electron chi connectivity index (χ2n) is 4.39. The highest BCUT2D eigenvalue weighted by Crippen LogP contribution is 2.12. The van der Waals surface area contributed by atoms with Crippen molar-refractivity contribution in [2.45, 2.75) is 40.0 Å². The third kappa shape index (κ3) is 3.54. The number of aromatic nitrogens is 2. The predicted molar refractivity (Wildman–Crippen MR) is 67.1 cm³/mol. The Labute approximate surface area is 107 Å². The number of carbonyl (C=O) groups is 1. The van der Waals surface area contributed by atoms with Gasteiger partial charge in [0.1, 0.15) is 6.54 Å². The zero-order valence-corrected chi connectivity index (χ0v) is 11.4. The Balaban J connectivity index is 2.65. The molecule has 1 aromatic rings. The molecule has 1 rings (SSSR count). The molecular weight excluding hydrogens is 234 g/mol. The molecule has 1 amide bonds. The fourth-order valence-corrected chi connectivity index (χ4v) is 1.86. The van der Waals surface area contributed by atoms with Crippen LogP contribution in [0.5, 0.6) is 0 Å². The third-order valence-electron chi connectivity index (χ3n) is 2.81. The first kappa shape index (κ1) is 14.7. The molecule has 6 nitrogen and oxygen atoms in total. The molecule has 0 aliphatic rings. The smallest absolute Gasteiger partial charge is 0.242 e. The SMILES string of the molecule is COCC(C)NC(=O)Cn1nc(C)c(CO)c1C. The number of rotatable bonds is 6. The van der Waals surface area contributed by atoms with Gasteiger partial charge in [-0.05, 0) is 20.8 Å². The number of carbonyl (C=O) groups excluding carboxylic acids is 1. The van der Waals surface area contributed by atoms with Crippen LogP contribution < -0.4 is 5.32 Å². The molecule has 1 heterocycles. The van der Waals surface area contributed by atoms with Crippen LogP contribution in [0.25, 0.3) is 0 Å². The fraction of sp³-hybridized carbons (Fsp3) is 0.667. The van der Waals surface area contributed by atoms with Gasteiger partial charge in [-0.3, -0.25) is 9.48 Å². The standard InChI is InChI=1S/C12H21N3O3/c1-8(7-18-4)13-12(17)5-15-10(3)11(6-16)9(2)14-15/h8,16H,5-7H2,1-4H3,(H,13,17). The Morgan fingerprint density at radius 2 is 2.22 bits per heavy atom. The number of aliphatic hydroxyl groups is 1. The van der Waals surface area contributed by atoms with Crippen LogP contribution >= 0.6 is 0 Å². The Hall–Kier alpha value is -1.40. The van der Waals surface area contributed by atoms with Crippen LogP contribution in [0.3, 0.4) is 0 Å². The average Bonchev–Trinajstić information content (AvgIpc) is 2.53. The first-order chi connectivity index (χ1) is 8.49. The minimum absolute atomic E-state index is 0.0308. The molecule has 1 atom stereocenters. The molecule has 0 saturated heterocycles. The second-order valence-corrected chi connectivity index (χ2v) is 4.39. The minimum Gasteiger partial charge on any atom is -0.392 e. The van der Waals surface area contributed by atoms with Crippen molar-refractivity contribution >= 4 is 5.91 Å². The summed E-state index contributed by atoms with van der Waals surface area (Å²) < 4.78 is 6.56. The maximum Gasteiger partial charge on any atom is 0.242 e. The van der Waals surface area contributed by atoms with E-state index in [0.717, 1.165) is 17.0 Å². The van der Waals surface area contributed by atoms with Gasteiger partial charge in [0.05, 0.1) is 18.9 Å². The lowest BCUT2D eigenvalue weighted by atomic mass is 10.2. The third-order valence-corrected chi connectivity index (χ3v) is 2.81. The molecular formula is C12H21N3O3. The fourth-order valence-electron chi connectivity index (χ4n) is 1.86. The van der Waals surface area contributed by atoms with Crippen molar-refractivity contribution in [3.63, 3.8) is 0 Å². The summed E-state index contributed by atoms with van der Waals surface area (Å²) in [4.78, 5) is 11.8. The van der Waals surface area contributed by atoms with Crippen molar-refractivity contribution < 1.29 is 14.6 Å². The number of hydrogen-bond donors (Lipinski definition) is 2. The van der Waals surface area contributed by atoms with Gasteiger partial charge in [0.15, 0.2) is 0 Å². The molecule has 0 saturated carbocycles. The first-order valence-electron chi connectivity index (χ1n) is 5.91. The molecule has 1 unspecified atom stereocenters. The van der Waals surface area contributed by atoms with E-state index in [0.29, 0.717) is 6.61 Å². The van der Waals surface area contributed by atoms with Gasteiger partial charge in [-0.1, -0.05) is 0 Å². The maximum atomic E-state index is 11.8. The quantitative estimate of drug-likeness (QED) is 0.758. The predicted octanol–water partition coefficient (Wildman–Crippen LogP) is 0.143. The van der Waals surface area contributed by atoms with E-state index in [9.17, 15) is 9.90 Å². The molecule has 102 valence electrons. The van der Waals surface area contributed by atoms with E-state index in [1.54, 1.807) is 11.8 Å². The highest BCUT2D eigenvalue weighted by atomic mass is 16.5. The molecule has 0 radical (unpaired) electrons. The van der Waals surface area contributed by atoms with E-state index in [2.05, 4.69) is 10.4 Å². The lowest BCUT2D eigenvalue weighted by molar-refractivity contribution is -0.122. The van der Waals surface area contributed by atoms with Gasteiger partial charge in [0.25, 0.3) is 0 Å². The summed E-state index contributed by atoms with van der Waals surface area (Å²) in [5.74, 6) is -0.116. The van der Waals surface area contributed by atoms with E-state index in [-0.39, 0.29) is 25.1 Å². The summed E-state index contributed by atoms with van der Waals surface area (Å²) in [6, 6.07) is -0.0308. The lowest BCUT2D eigenvalue weighted by Crippen LogP contribution is -2.38. The zero-order valence-electron chi connectivity index (χ0n) is 11.4. The van der Waals surface area contributed by atoms with Gasteiger partial charge >= 0.3 is 0 Å². The molecule has 6 heteroatoms. The largest absolute Gasteiger partial charge is 0.392 e. The Morgan fingerprint density at radius 3 is 2.72 bits per heavy atom. The van der Waals surface area contributed by atoms with Crippen molar-refractivity contribution in [1.82, 2.24) is 15.1 Å². The minimum atomic E-state index is -0.116. The topological polar surface area (TPSA) is 76.4 Å². The van der Waals surface area contributed by atoms with Gasteiger partial charge in [-0.25, -0.2) is 0 Å². The number of amides is 1. The number of hydrogen-bond acceptors (Lipinski definition) is 4. The van der Waals surface area contributed by atoms with E-state index in [1.165, 1.54) is 0 Å². The number of aryl methyl sites for hydroxylation is 1. The molecule has 0 bridgehead atoms. The summed E-state index contributed by atoms with van der Waals surface area (Å²) >= 11 is 0. The summed E-state index contributed by atoms with van der Waals surface area (Å²) in [6.45, 7) is 6.12. The molecule has 1 aromatic heterocycles. The van der Waals surface area contributed by atoms with Crippen LogP contribution in [0.4, 0.5) is 0 Å². The number of ether oxygens (including phenoxy) is 1. The van der Waals surface area contributed by atoms with Crippen LogP contribution in [-0.2, 0) is 22.7 Å². The average molecular weight is 255 g/mol. The highest BCUT2D eigenvalue weighted by molar-refractivity contribution is 5.76.